The summed E-state index contributed by atoms with van der Waals surface area (Å²) < 4.78 is 6.30. The first kappa shape index (κ1) is 26.3. The number of nitrogens with zero attached hydrogens (tertiary/aromatic N) is 2. The van der Waals surface area contributed by atoms with Crippen molar-refractivity contribution in [2.75, 3.05) is 26.2 Å². The third kappa shape index (κ3) is 5.73. The summed E-state index contributed by atoms with van der Waals surface area (Å²) in [5.41, 5.74) is 4.81. The van der Waals surface area contributed by atoms with E-state index in [1.165, 1.54) is 24.0 Å². The first-order valence-corrected chi connectivity index (χ1v) is 13.7. The SMILES string of the molecule is CC(=O)O.CC1(C)Cc2cccc(CN3CCC4(CC3)CCN(C(=O)c3ccc5cc[nH]c5c3)CC4)c2O1. The highest BCUT2D eigenvalue weighted by Gasteiger charge is 2.39. The number of nitrogens with one attached hydrogen (secondary N) is 1. The van der Waals surface area contributed by atoms with E-state index in [0.29, 0.717) is 5.41 Å². The smallest absolute Gasteiger partial charge is 0.300 e. The molecule has 0 unspecified atom stereocenters. The summed E-state index contributed by atoms with van der Waals surface area (Å²) in [6.07, 6.45) is 7.61. The van der Waals surface area contributed by atoms with Gasteiger partial charge in [-0.1, -0.05) is 24.3 Å². The number of para-hydroxylation sites is 1. The topological polar surface area (TPSA) is 85.9 Å². The summed E-state index contributed by atoms with van der Waals surface area (Å²) >= 11 is 0. The largest absolute Gasteiger partial charge is 0.487 e. The first-order valence-electron chi connectivity index (χ1n) is 13.7. The molecule has 3 aromatic rings. The number of ether oxygens (including phenoxy) is 1. The molecule has 2 aromatic carbocycles. The summed E-state index contributed by atoms with van der Waals surface area (Å²) in [6, 6.07) is 14.7. The lowest BCUT2D eigenvalue weighted by atomic mass is 9.71. The number of benzene rings is 2. The molecule has 202 valence electrons. The van der Waals surface area contributed by atoms with Gasteiger partial charge in [-0.05, 0) is 87.2 Å². The summed E-state index contributed by atoms with van der Waals surface area (Å²) in [5.74, 6) is 0.460. The number of likely N-dealkylation sites (tertiary alicyclic amines) is 2. The Morgan fingerprint density at radius 3 is 2.39 bits per heavy atom. The number of amides is 1. The number of H-pyrrole nitrogens is 1. The zero-order valence-corrected chi connectivity index (χ0v) is 22.8. The van der Waals surface area contributed by atoms with Crippen molar-refractivity contribution in [3.63, 3.8) is 0 Å². The summed E-state index contributed by atoms with van der Waals surface area (Å²) in [6.45, 7) is 10.4. The van der Waals surface area contributed by atoms with Crippen LogP contribution in [0.2, 0.25) is 0 Å². The monoisotopic (exact) mass is 517 g/mol. The molecule has 0 radical (unpaired) electrons. The van der Waals surface area contributed by atoms with Crippen molar-refractivity contribution >= 4 is 22.8 Å². The average molecular weight is 518 g/mol. The number of carbonyl (C=O) groups excluding carboxylic acids is 1. The molecule has 3 aliphatic rings. The lowest BCUT2D eigenvalue weighted by Crippen LogP contribution is -2.48. The van der Waals surface area contributed by atoms with E-state index in [-0.39, 0.29) is 11.5 Å². The second-order valence-electron chi connectivity index (χ2n) is 11.8. The van der Waals surface area contributed by atoms with Crippen LogP contribution >= 0.6 is 0 Å². The van der Waals surface area contributed by atoms with E-state index in [0.717, 1.165) is 81.1 Å². The zero-order chi connectivity index (χ0) is 26.9. The first-order chi connectivity index (χ1) is 18.1. The third-order valence-electron chi connectivity index (χ3n) is 8.40. The molecular formula is C31H39N3O4. The molecule has 1 spiro atoms. The maximum Gasteiger partial charge on any atom is 0.300 e. The van der Waals surface area contributed by atoms with Gasteiger partial charge in [-0.25, -0.2) is 0 Å². The Labute approximate surface area is 224 Å². The van der Waals surface area contributed by atoms with E-state index in [1.54, 1.807) is 0 Å². The predicted molar refractivity (Wildman–Crippen MR) is 149 cm³/mol. The van der Waals surface area contributed by atoms with E-state index in [4.69, 9.17) is 14.6 Å². The number of aliphatic carboxylic acids is 1. The highest BCUT2D eigenvalue weighted by atomic mass is 16.5. The average Bonchev–Trinajstić information content (AvgIpc) is 3.48. The second kappa shape index (κ2) is 10.4. The lowest BCUT2D eigenvalue weighted by molar-refractivity contribution is -0.134. The van der Waals surface area contributed by atoms with Gasteiger partial charge in [-0.3, -0.25) is 14.5 Å². The van der Waals surface area contributed by atoms with Gasteiger partial charge in [0.25, 0.3) is 11.9 Å². The minimum absolute atomic E-state index is 0.0942. The number of fused-ring (bicyclic) bond motifs is 2. The number of carbonyl (C=O) groups is 2. The zero-order valence-electron chi connectivity index (χ0n) is 22.8. The summed E-state index contributed by atoms with van der Waals surface area (Å²) in [7, 11) is 0. The van der Waals surface area contributed by atoms with E-state index < -0.39 is 5.97 Å². The van der Waals surface area contributed by atoms with Crippen LogP contribution in [0.4, 0.5) is 0 Å². The second-order valence-corrected chi connectivity index (χ2v) is 11.8. The Morgan fingerprint density at radius 2 is 1.68 bits per heavy atom. The van der Waals surface area contributed by atoms with Crippen LogP contribution in [0.3, 0.4) is 0 Å². The van der Waals surface area contributed by atoms with Crippen LogP contribution in [-0.2, 0) is 17.8 Å². The van der Waals surface area contributed by atoms with Crippen molar-refractivity contribution in [1.29, 1.82) is 0 Å². The molecule has 0 bridgehead atoms. The number of hydrogen-bond acceptors (Lipinski definition) is 4. The molecule has 1 aromatic heterocycles. The van der Waals surface area contributed by atoms with E-state index in [2.05, 4.69) is 46.8 Å². The minimum atomic E-state index is -0.833. The molecule has 2 saturated heterocycles. The Morgan fingerprint density at radius 1 is 1.00 bits per heavy atom. The van der Waals surface area contributed by atoms with E-state index in [1.807, 2.05) is 30.5 Å². The molecule has 0 saturated carbocycles. The molecule has 0 aliphatic carbocycles. The number of aromatic nitrogens is 1. The van der Waals surface area contributed by atoms with Crippen LogP contribution in [0.15, 0.2) is 48.7 Å². The van der Waals surface area contributed by atoms with Crippen LogP contribution in [0.5, 0.6) is 5.75 Å². The number of hydrogen-bond donors (Lipinski definition) is 2. The molecule has 6 rings (SSSR count). The van der Waals surface area contributed by atoms with Gasteiger partial charge in [0.1, 0.15) is 11.4 Å². The van der Waals surface area contributed by atoms with Gasteiger partial charge in [0, 0.05) is 55.8 Å². The summed E-state index contributed by atoms with van der Waals surface area (Å²) in [4.78, 5) is 30.0. The molecule has 7 heteroatoms. The van der Waals surface area contributed by atoms with Crippen molar-refractivity contribution in [2.45, 2.75) is 65.0 Å². The molecule has 2 fully saturated rings. The standard InChI is InChI=1S/C29H35N3O2.C2H4O2/c1-28(2)19-23-4-3-5-24(26(23)34-28)20-31-14-9-29(10-15-31)11-16-32(17-12-29)27(33)22-7-6-21-8-13-30-25(21)18-22;1-2(3)4/h3-8,13,18,30H,9-12,14-17,19-20H2,1-2H3;1H3,(H,3,4). The molecule has 38 heavy (non-hydrogen) atoms. The molecular weight excluding hydrogens is 478 g/mol. The van der Waals surface area contributed by atoms with Crippen molar-refractivity contribution in [3.8, 4) is 5.75 Å². The number of rotatable bonds is 3. The highest BCUT2D eigenvalue weighted by Crippen LogP contribution is 2.43. The molecule has 4 heterocycles. The highest BCUT2D eigenvalue weighted by molar-refractivity contribution is 5.98. The molecule has 3 aliphatic heterocycles. The van der Waals surface area contributed by atoms with E-state index in [9.17, 15) is 4.79 Å². The molecule has 7 nitrogen and oxygen atoms in total. The van der Waals surface area contributed by atoms with Crippen LogP contribution in [0.1, 0.15) is 67.9 Å². The van der Waals surface area contributed by atoms with Crippen LogP contribution in [0, 0.1) is 5.41 Å². The minimum Gasteiger partial charge on any atom is -0.487 e. The van der Waals surface area contributed by atoms with Crippen molar-refractivity contribution < 1.29 is 19.4 Å². The van der Waals surface area contributed by atoms with Crippen LogP contribution in [0.25, 0.3) is 10.9 Å². The Bertz CT molecular complexity index is 1310. The fourth-order valence-corrected chi connectivity index (χ4v) is 6.28. The van der Waals surface area contributed by atoms with Crippen molar-refractivity contribution in [3.05, 3.63) is 65.4 Å². The van der Waals surface area contributed by atoms with Gasteiger partial charge in [-0.15, -0.1) is 0 Å². The quantitative estimate of drug-likeness (QED) is 0.480. The normalized spacial score (nSPS) is 19.9. The third-order valence-corrected chi connectivity index (χ3v) is 8.40. The van der Waals surface area contributed by atoms with Gasteiger partial charge >= 0.3 is 0 Å². The number of aromatic amines is 1. The Hall–Kier alpha value is -3.32. The van der Waals surface area contributed by atoms with Gasteiger partial charge in [0.2, 0.25) is 0 Å². The van der Waals surface area contributed by atoms with Gasteiger partial charge in [0.15, 0.2) is 0 Å². The summed E-state index contributed by atoms with van der Waals surface area (Å²) in [5, 5.41) is 8.57. The van der Waals surface area contributed by atoms with Crippen molar-refractivity contribution in [1.82, 2.24) is 14.8 Å². The van der Waals surface area contributed by atoms with Gasteiger partial charge in [-0.2, -0.15) is 0 Å². The van der Waals surface area contributed by atoms with Crippen LogP contribution < -0.4 is 4.74 Å². The number of carboxylic acids is 1. The maximum atomic E-state index is 13.1. The van der Waals surface area contributed by atoms with E-state index >= 15 is 0 Å². The molecule has 1 amide bonds. The predicted octanol–water partition coefficient (Wildman–Crippen LogP) is 5.49. The molecule has 0 atom stereocenters. The van der Waals surface area contributed by atoms with Crippen LogP contribution in [-0.4, -0.2) is 63.5 Å². The van der Waals surface area contributed by atoms with Gasteiger partial charge < -0.3 is 19.7 Å². The Balaban J connectivity index is 0.000000689. The fraction of sp³-hybridized carbons (Fsp3) is 0.484. The lowest BCUT2D eigenvalue weighted by Gasteiger charge is -2.47. The van der Waals surface area contributed by atoms with Crippen molar-refractivity contribution in [2.24, 2.45) is 5.41 Å². The Kier molecular flexibility index (Phi) is 7.23. The number of piperidine rings is 2. The van der Waals surface area contributed by atoms with Gasteiger partial charge in [0.05, 0.1) is 0 Å². The fourth-order valence-electron chi connectivity index (χ4n) is 6.28. The number of carboxylic acid groups (broad SMARTS) is 1. The molecule has 2 N–H and O–H groups in total. The maximum absolute atomic E-state index is 13.1.